The highest BCUT2D eigenvalue weighted by Gasteiger charge is 2.49. The van der Waals surface area contributed by atoms with Crippen molar-refractivity contribution in [2.45, 2.75) is 49.9 Å². The third-order valence-electron chi connectivity index (χ3n) is 4.00. The third-order valence-corrected chi connectivity index (χ3v) is 4.00. The fraction of sp³-hybridized carbons (Fsp3) is 1.00. The first-order chi connectivity index (χ1) is 6.83. The van der Waals surface area contributed by atoms with E-state index < -0.39 is 0 Å². The van der Waals surface area contributed by atoms with Crippen LogP contribution in [0.1, 0.15) is 38.5 Å². The van der Waals surface area contributed by atoms with Crippen molar-refractivity contribution in [2.75, 3.05) is 19.8 Å². The Hall–Kier alpha value is -0.120. The zero-order valence-corrected chi connectivity index (χ0v) is 8.68. The summed E-state index contributed by atoms with van der Waals surface area (Å²) in [5.74, 6) is 0. The van der Waals surface area contributed by atoms with E-state index in [4.69, 9.17) is 9.47 Å². The summed E-state index contributed by atoms with van der Waals surface area (Å²) in [6.45, 7) is 2.83. The summed E-state index contributed by atoms with van der Waals surface area (Å²) in [7, 11) is 0. The Balaban J connectivity index is 1.73. The molecule has 2 heterocycles. The summed E-state index contributed by atoms with van der Waals surface area (Å²) < 4.78 is 11.7. The smallest absolute Gasteiger partial charge is 0.124 e. The van der Waals surface area contributed by atoms with Gasteiger partial charge in [-0.2, -0.15) is 0 Å². The molecule has 3 nitrogen and oxygen atoms in total. The molecule has 1 saturated carbocycles. The Bertz CT molecular complexity index is 214. The van der Waals surface area contributed by atoms with Crippen molar-refractivity contribution in [3.63, 3.8) is 0 Å². The fourth-order valence-corrected chi connectivity index (χ4v) is 2.92. The molecule has 0 amide bonds. The van der Waals surface area contributed by atoms with Gasteiger partial charge in [-0.25, -0.2) is 0 Å². The Labute approximate surface area is 85.1 Å². The lowest BCUT2D eigenvalue weighted by Gasteiger charge is -2.54. The minimum Gasteiger partial charge on any atom is -0.381 e. The number of hydrogen-bond donors (Lipinski definition) is 1. The predicted molar refractivity (Wildman–Crippen MR) is 53.1 cm³/mol. The molecule has 0 unspecified atom stereocenters. The van der Waals surface area contributed by atoms with Gasteiger partial charge in [0.15, 0.2) is 0 Å². The van der Waals surface area contributed by atoms with E-state index in [1.165, 1.54) is 25.7 Å². The van der Waals surface area contributed by atoms with Crippen LogP contribution >= 0.6 is 0 Å². The van der Waals surface area contributed by atoms with Gasteiger partial charge in [0, 0.05) is 19.4 Å². The van der Waals surface area contributed by atoms with Crippen molar-refractivity contribution in [1.82, 2.24) is 5.32 Å². The van der Waals surface area contributed by atoms with Gasteiger partial charge in [-0.05, 0) is 25.7 Å². The maximum absolute atomic E-state index is 6.35. The monoisotopic (exact) mass is 197 g/mol. The fourth-order valence-electron chi connectivity index (χ4n) is 2.92. The Morgan fingerprint density at radius 1 is 0.929 bits per heavy atom. The van der Waals surface area contributed by atoms with Gasteiger partial charge in [0.05, 0.1) is 18.8 Å². The molecule has 0 atom stereocenters. The van der Waals surface area contributed by atoms with Crippen molar-refractivity contribution in [3.05, 3.63) is 0 Å². The van der Waals surface area contributed by atoms with E-state index in [1.54, 1.807) is 0 Å². The van der Waals surface area contributed by atoms with Gasteiger partial charge >= 0.3 is 0 Å². The molecule has 3 aliphatic rings. The van der Waals surface area contributed by atoms with E-state index in [0.29, 0.717) is 0 Å². The average molecular weight is 197 g/mol. The first kappa shape index (κ1) is 9.13. The molecule has 1 N–H and O–H groups in total. The third kappa shape index (κ3) is 1.38. The lowest BCUT2D eigenvalue weighted by Crippen LogP contribution is -2.63. The molecule has 14 heavy (non-hydrogen) atoms. The molecule has 2 aliphatic heterocycles. The highest BCUT2D eigenvalue weighted by atomic mass is 16.6. The number of ether oxygens (including phenoxy) is 2. The highest BCUT2D eigenvalue weighted by molar-refractivity contribution is 4.98. The van der Waals surface area contributed by atoms with Gasteiger partial charge in [0.2, 0.25) is 0 Å². The van der Waals surface area contributed by atoms with Crippen molar-refractivity contribution < 1.29 is 9.47 Å². The maximum atomic E-state index is 6.35. The van der Waals surface area contributed by atoms with Crippen molar-refractivity contribution in [2.24, 2.45) is 0 Å². The molecule has 3 rings (SSSR count). The second-order valence-corrected chi connectivity index (χ2v) is 4.92. The largest absolute Gasteiger partial charge is 0.381 e. The molecule has 3 heteroatoms. The lowest BCUT2D eigenvalue weighted by atomic mass is 9.75. The first-order valence-corrected chi connectivity index (χ1v) is 5.86. The normalized spacial score (nSPS) is 34.3. The number of nitrogens with one attached hydrogen (secondary N) is 1. The highest BCUT2D eigenvalue weighted by Crippen LogP contribution is 2.45. The van der Waals surface area contributed by atoms with Crippen molar-refractivity contribution in [3.8, 4) is 0 Å². The molecular weight excluding hydrogens is 178 g/mol. The zero-order valence-electron chi connectivity index (χ0n) is 8.68. The van der Waals surface area contributed by atoms with E-state index in [1.807, 2.05) is 0 Å². The van der Waals surface area contributed by atoms with E-state index in [2.05, 4.69) is 5.32 Å². The van der Waals surface area contributed by atoms with Crippen LogP contribution in [0.5, 0.6) is 0 Å². The summed E-state index contributed by atoms with van der Waals surface area (Å²) >= 11 is 0. The molecule has 0 aromatic heterocycles. The quantitative estimate of drug-likeness (QED) is 0.637. The first-order valence-electron chi connectivity index (χ1n) is 5.86. The van der Waals surface area contributed by atoms with Crippen LogP contribution in [0, 0.1) is 0 Å². The summed E-state index contributed by atoms with van der Waals surface area (Å²) in [4.78, 5) is 0. The van der Waals surface area contributed by atoms with Crippen LogP contribution in [0.4, 0.5) is 0 Å². The minimum atomic E-state index is -0.0308. The Kier molecular flexibility index (Phi) is 2.08. The molecule has 2 saturated heterocycles. The van der Waals surface area contributed by atoms with Gasteiger partial charge in [0.25, 0.3) is 0 Å². The van der Waals surface area contributed by atoms with E-state index in [0.717, 1.165) is 32.6 Å². The average Bonchev–Trinajstić information content (AvgIpc) is 2.17. The van der Waals surface area contributed by atoms with Gasteiger partial charge in [0.1, 0.15) is 5.72 Å². The van der Waals surface area contributed by atoms with Gasteiger partial charge < -0.3 is 9.47 Å². The SMILES string of the molecule is C1CC2(C1)CCNC1(CCOCC1)O2. The minimum absolute atomic E-state index is 0.0308. The standard InChI is InChI=1S/C11H19NO2/c1-2-10(3-1)4-7-12-11(14-10)5-8-13-9-6-11/h12H,1-9H2. The number of hydrogen-bond acceptors (Lipinski definition) is 3. The molecular formula is C11H19NO2. The van der Waals surface area contributed by atoms with E-state index in [-0.39, 0.29) is 11.3 Å². The van der Waals surface area contributed by atoms with Gasteiger partial charge in [-0.1, -0.05) is 0 Å². The maximum Gasteiger partial charge on any atom is 0.124 e. The van der Waals surface area contributed by atoms with E-state index >= 15 is 0 Å². The second-order valence-electron chi connectivity index (χ2n) is 4.92. The summed E-state index contributed by atoms with van der Waals surface area (Å²) in [6, 6.07) is 0. The van der Waals surface area contributed by atoms with Gasteiger partial charge in [-0.3, -0.25) is 5.32 Å². The summed E-state index contributed by atoms with van der Waals surface area (Å²) in [5.41, 5.74) is 0.222. The lowest BCUT2D eigenvalue weighted by molar-refractivity contribution is -0.252. The predicted octanol–water partition coefficient (Wildman–Crippen LogP) is 1.43. The van der Waals surface area contributed by atoms with Crippen LogP contribution in [-0.4, -0.2) is 31.1 Å². The molecule has 80 valence electrons. The van der Waals surface area contributed by atoms with Crippen LogP contribution in [0.25, 0.3) is 0 Å². The molecule has 2 spiro atoms. The van der Waals surface area contributed by atoms with Crippen molar-refractivity contribution >= 4 is 0 Å². The second kappa shape index (κ2) is 3.19. The summed E-state index contributed by atoms with van der Waals surface area (Å²) in [5, 5.41) is 3.56. The Morgan fingerprint density at radius 2 is 1.71 bits per heavy atom. The van der Waals surface area contributed by atoms with Crippen LogP contribution in [0.3, 0.4) is 0 Å². The molecule has 3 fully saturated rings. The van der Waals surface area contributed by atoms with Crippen LogP contribution in [0.2, 0.25) is 0 Å². The van der Waals surface area contributed by atoms with E-state index in [9.17, 15) is 0 Å². The van der Waals surface area contributed by atoms with Crippen LogP contribution in [-0.2, 0) is 9.47 Å². The number of rotatable bonds is 0. The molecule has 0 aromatic carbocycles. The Morgan fingerprint density at radius 3 is 2.36 bits per heavy atom. The molecule has 0 radical (unpaired) electrons. The molecule has 1 aliphatic carbocycles. The zero-order chi connectivity index (χ0) is 9.49. The van der Waals surface area contributed by atoms with Crippen LogP contribution < -0.4 is 5.32 Å². The molecule has 0 bridgehead atoms. The topological polar surface area (TPSA) is 30.5 Å². The summed E-state index contributed by atoms with van der Waals surface area (Å²) in [6.07, 6.45) is 7.15. The molecule has 0 aromatic rings. The van der Waals surface area contributed by atoms with Gasteiger partial charge in [-0.15, -0.1) is 0 Å². The van der Waals surface area contributed by atoms with Crippen LogP contribution in [0.15, 0.2) is 0 Å². The van der Waals surface area contributed by atoms with Crippen molar-refractivity contribution in [1.29, 1.82) is 0 Å².